The van der Waals surface area contributed by atoms with E-state index in [0.717, 1.165) is 36.6 Å². The number of ether oxygens (including phenoxy) is 2. The first-order valence-electron chi connectivity index (χ1n) is 7.91. The summed E-state index contributed by atoms with van der Waals surface area (Å²) in [6, 6.07) is 8.56. The van der Waals surface area contributed by atoms with Crippen LogP contribution in [0.15, 0.2) is 34.9 Å². The first-order valence-corrected chi connectivity index (χ1v) is 7.91. The predicted octanol–water partition coefficient (Wildman–Crippen LogP) is 3.85. The second kappa shape index (κ2) is 6.88. The summed E-state index contributed by atoms with van der Waals surface area (Å²) in [5, 5.41) is 3.63. The molecule has 3 rings (SSSR count). The summed E-state index contributed by atoms with van der Waals surface area (Å²) in [5.74, 6) is 2.71. The van der Waals surface area contributed by atoms with Gasteiger partial charge in [0.15, 0.2) is 11.5 Å². The van der Waals surface area contributed by atoms with Gasteiger partial charge in [-0.15, -0.1) is 0 Å². The van der Waals surface area contributed by atoms with Crippen molar-refractivity contribution in [2.45, 2.75) is 38.8 Å². The molecule has 0 aliphatic heterocycles. The molecule has 0 bridgehead atoms. The molecule has 0 amide bonds. The van der Waals surface area contributed by atoms with Gasteiger partial charge in [-0.05, 0) is 43.5 Å². The molecule has 0 fully saturated rings. The van der Waals surface area contributed by atoms with Gasteiger partial charge < -0.3 is 19.2 Å². The third kappa shape index (κ3) is 3.12. The van der Waals surface area contributed by atoms with Crippen molar-refractivity contribution in [1.29, 1.82) is 0 Å². The number of rotatable bonds is 6. The van der Waals surface area contributed by atoms with Crippen molar-refractivity contribution in [3.05, 3.63) is 47.4 Å². The third-order valence-electron chi connectivity index (χ3n) is 4.13. The molecule has 22 heavy (non-hydrogen) atoms. The Balaban J connectivity index is 1.67. The predicted molar refractivity (Wildman–Crippen MR) is 85.4 cm³/mol. The lowest BCUT2D eigenvalue weighted by Gasteiger charge is -2.23. The number of fused-ring (bicyclic) bond motifs is 1. The van der Waals surface area contributed by atoms with Crippen molar-refractivity contribution in [2.24, 2.45) is 0 Å². The minimum absolute atomic E-state index is 0.375. The molecule has 1 N–H and O–H groups in total. The first kappa shape index (κ1) is 15.0. The summed E-state index contributed by atoms with van der Waals surface area (Å²) >= 11 is 0. The van der Waals surface area contributed by atoms with E-state index >= 15 is 0 Å². The molecular weight excluding hydrogens is 278 g/mol. The highest BCUT2D eigenvalue weighted by molar-refractivity contribution is 5.43. The molecule has 4 heteroatoms. The molecule has 1 aliphatic carbocycles. The van der Waals surface area contributed by atoms with Gasteiger partial charge in [0.2, 0.25) is 0 Å². The molecule has 118 valence electrons. The normalized spacial score (nSPS) is 17.1. The Bertz CT molecular complexity index is 621. The average molecular weight is 301 g/mol. The molecule has 0 saturated heterocycles. The Morgan fingerprint density at radius 2 is 2.18 bits per heavy atom. The fourth-order valence-corrected chi connectivity index (χ4v) is 3.04. The smallest absolute Gasteiger partial charge is 0.161 e. The highest BCUT2D eigenvalue weighted by Gasteiger charge is 2.22. The number of nitrogens with one attached hydrogen (secondary N) is 1. The summed E-state index contributed by atoms with van der Waals surface area (Å²) in [7, 11) is 1.67. The van der Waals surface area contributed by atoms with Crippen LogP contribution >= 0.6 is 0 Å². The van der Waals surface area contributed by atoms with E-state index < -0.39 is 0 Å². The van der Waals surface area contributed by atoms with Crippen LogP contribution in [0.3, 0.4) is 0 Å². The van der Waals surface area contributed by atoms with Gasteiger partial charge in [0.1, 0.15) is 5.76 Å². The number of methoxy groups -OCH3 is 1. The minimum Gasteiger partial charge on any atom is -0.493 e. The average Bonchev–Trinajstić information content (AvgIpc) is 3.03. The van der Waals surface area contributed by atoms with E-state index in [2.05, 4.69) is 17.4 Å². The molecule has 2 aromatic rings. The van der Waals surface area contributed by atoms with E-state index in [0.29, 0.717) is 12.6 Å². The maximum absolute atomic E-state index is 5.56. The Hall–Kier alpha value is -1.94. The number of benzene rings is 1. The topological polar surface area (TPSA) is 43.6 Å². The Labute approximate surface area is 131 Å². The Morgan fingerprint density at radius 1 is 1.27 bits per heavy atom. The standard InChI is InChI=1S/C18H23NO3/c1-3-21-17-8-7-13(11-18(17)20-2)12-19-15-5-4-6-16-14(15)9-10-22-16/h7-11,15,19H,3-6,12H2,1-2H3. The maximum Gasteiger partial charge on any atom is 0.161 e. The molecule has 0 saturated carbocycles. The van der Waals surface area contributed by atoms with E-state index in [9.17, 15) is 0 Å². The largest absolute Gasteiger partial charge is 0.493 e. The minimum atomic E-state index is 0.375. The molecule has 1 aromatic carbocycles. The summed E-state index contributed by atoms with van der Waals surface area (Å²) in [6.07, 6.45) is 5.17. The molecule has 1 heterocycles. The first-order chi connectivity index (χ1) is 10.8. The van der Waals surface area contributed by atoms with Gasteiger partial charge in [-0.2, -0.15) is 0 Å². The second-order valence-corrected chi connectivity index (χ2v) is 5.54. The lowest BCUT2D eigenvalue weighted by atomic mass is 9.93. The number of hydrogen-bond donors (Lipinski definition) is 1. The van der Waals surface area contributed by atoms with Crippen molar-refractivity contribution in [2.75, 3.05) is 13.7 Å². The van der Waals surface area contributed by atoms with Gasteiger partial charge in [-0.1, -0.05) is 6.07 Å². The van der Waals surface area contributed by atoms with Gasteiger partial charge >= 0.3 is 0 Å². The van der Waals surface area contributed by atoms with E-state index in [-0.39, 0.29) is 0 Å². The summed E-state index contributed by atoms with van der Waals surface area (Å²) in [5.41, 5.74) is 2.50. The van der Waals surface area contributed by atoms with Crippen LogP contribution in [0.2, 0.25) is 0 Å². The Morgan fingerprint density at radius 3 is 3.00 bits per heavy atom. The maximum atomic E-state index is 5.56. The molecule has 1 aromatic heterocycles. The molecule has 1 unspecified atom stereocenters. The molecule has 4 nitrogen and oxygen atoms in total. The van der Waals surface area contributed by atoms with Crippen LogP contribution in [0.1, 0.15) is 42.7 Å². The van der Waals surface area contributed by atoms with Gasteiger partial charge in [-0.3, -0.25) is 0 Å². The van der Waals surface area contributed by atoms with Crippen molar-refractivity contribution < 1.29 is 13.9 Å². The van der Waals surface area contributed by atoms with Crippen molar-refractivity contribution in [1.82, 2.24) is 5.32 Å². The molecule has 0 radical (unpaired) electrons. The zero-order chi connectivity index (χ0) is 15.4. The highest BCUT2D eigenvalue weighted by Crippen LogP contribution is 2.31. The summed E-state index contributed by atoms with van der Waals surface area (Å²) < 4.78 is 16.5. The third-order valence-corrected chi connectivity index (χ3v) is 4.13. The van der Waals surface area contributed by atoms with Crippen LogP contribution in [0, 0.1) is 0 Å². The van der Waals surface area contributed by atoms with Crippen molar-refractivity contribution in [3.63, 3.8) is 0 Å². The summed E-state index contributed by atoms with van der Waals surface area (Å²) in [4.78, 5) is 0. The van der Waals surface area contributed by atoms with Gasteiger partial charge in [0.05, 0.1) is 20.0 Å². The fourth-order valence-electron chi connectivity index (χ4n) is 3.04. The van der Waals surface area contributed by atoms with Crippen LogP contribution < -0.4 is 14.8 Å². The van der Waals surface area contributed by atoms with Gasteiger partial charge in [-0.25, -0.2) is 0 Å². The van der Waals surface area contributed by atoms with Crippen molar-refractivity contribution in [3.8, 4) is 11.5 Å². The van der Waals surface area contributed by atoms with Crippen LogP contribution in [0.5, 0.6) is 11.5 Å². The molecular formula is C18H23NO3. The quantitative estimate of drug-likeness (QED) is 0.880. The molecule has 1 atom stereocenters. The fraction of sp³-hybridized carbons (Fsp3) is 0.444. The summed E-state index contributed by atoms with van der Waals surface area (Å²) in [6.45, 7) is 3.41. The second-order valence-electron chi connectivity index (χ2n) is 5.54. The van der Waals surface area contributed by atoms with Crippen LogP contribution in [-0.2, 0) is 13.0 Å². The van der Waals surface area contributed by atoms with E-state index in [1.54, 1.807) is 13.4 Å². The number of aryl methyl sites for hydroxylation is 1. The highest BCUT2D eigenvalue weighted by atomic mass is 16.5. The van der Waals surface area contributed by atoms with Crippen LogP contribution in [-0.4, -0.2) is 13.7 Å². The SMILES string of the molecule is CCOc1ccc(CNC2CCCc3occc32)cc1OC. The van der Waals surface area contributed by atoms with Gasteiger partial charge in [0.25, 0.3) is 0 Å². The lowest BCUT2D eigenvalue weighted by molar-refractivity contribution is 0.310. The van der Waals surface area contributed by atoms with E-state index in [1.807, 2.05) is 19.1 Å². The van der Waals surface area contributed by atoms with Gasteiger partial charge in [0, 0.05) is 24.6 Å². The lowest BCUT2D eigenvalue weighted by Crippen LogP contribution is -2.24. The molecule has 1 aliphatic rings. The van der Waals surface area contributed by atoms with Crippen molar-refractivity contribution >= 4 is 0 Å². The Kier molecular flexibility index (Phi) is 4.68. The van der Waals surface area contributed by atoms with Crippen LogP contribution in [0.25, 0.3) is 0 Å². The number of hydrogen-bond acceptors (Lipinski definition) is 4. The van der Waals surface area contributed by atoms with Crippen LogP contribution in [0.4, 0.5) is 0 Å². The molecule has 0 spiro atoms. The zero-order valence-electron chi connectivity index (χ0n) is 13.2. The van der Waals surface area contributed by atoms with E-state index in [4.69, 9.17) is 13.9 Å². The zero-order valence-corrected chi connectivity index (χ0v) is 13.2. The van der Waals surface area contributed by atoms with E-state index in [1.165, 1.54) is 17.5 Å². The monoisotopic (exact) mass is 301 g/mol. The number of furan rings is 1.